The van der Waals surface area contributed by atoms with E-state index in [1.807, 2.05) is 37.3 Å². The first-order valence-electron chi connectivity index (χ1n) is 6.30. The molecule has 92 valence electrons. The minimum absolute atomic E-state index is 0.649. The Balaban J connectivity index is 1.93. The molecule has 1 aliphatic rings. The number of hydrogen-bond acceptors (Lipinski definition) is 3. The van der Waals surface area contributed by atoms with Gasteiger partial charge in [-0.2, -0.15) is 0 Å². The van der Waals surface area contributed by atoms with Crippen molar-refractivity contribution < 1.29 is 4.74 Å². The Morgan fingerprint density at radius 2 is 2.06 bits per heavy atom. The minimum atomic E-state index is 0.649. The van der Waals surface area contributed by atoms with Gasteiger partial charge >= 0.3 is 0 Å². The number of anilines is 1. The maximum atomic E-state index is 5.88. The molecule has 0 saturated heterocycles. The van der Waals surface area contributed by atoms with Crippen LogP contribution in [0.5, 0.6) is 11.6 Å². The van der Waals surface area contributed by atoms with Crippen LogP contribution in [0.2, 0.25) is 0 Å². The number of aryl methyl sites for hydroxylation is 2. The second-order valence-electron chi connectivity index (χ2n) is 4.54. The Morgan fingerprint density at radius 1 is 1.17 bits per heavy atom. The predicted molar refractivity (Wildman–Crippen MR) is 72.3 cm³/mol. The van der Waals surface area contributed by atoms with Gasteiger partial charge < -0.3 is 10.1 Å². The molecule has 0 aliphatic carbocycles. The summed E-state index contributed by atoms with van der Waals surface area (Å²) in [6.45, 7) is 2.97. The van der Waals surface area contributed by atoms with E-state index in [-0.39, 0.29) is 0 Å². The highest BCUT2D eigenvalue weighted by atomic mass is 16.5. The lowest BCUT2D eigenvalue weighted by Gasteiger charge is -2.20. The van der Waals surface area contributed by atoms with Crippen molar-refractivity contribution in [1.82, 2.24) is 4.98 Å². The molecule has 1 aromatic heterocycles. The van der Waals surface area contributed by atoms with E-state index in [2.05, 4.69) is 16.4 Å². The number of ether oxygens (including phenoxy) is 1. The van der Waals surface area contributed by atoms with Crippen molar-refractivity contribution in [3.63, 3.8) is 0 Å². The summed E-state index contributed by atoms with van der Waals surface area (Å²) in [4.78, 5) is 4.37. The lowest BCUT2D eigenvalue weighted by Crippen LogP contribution is -2.12. The molecule has 1 aliphatic heterocycles. The fraction of sp³-hybridized carbons (Fsp3) is 0.267. The zero-order valence-corrected chi connectivity index (χ0v) is 10.4. The van der Waals surface area contributed by atoms with Gasteiger partial charge in [-0.05, 0) is 37.5 Å². The molecule has 3 heteroatoms. The molecule has 0 atom stereocenters. The van der Waals surface area contributed by atoms with Gasteiger partial charge in [-0.1, -0.05) is 18.2 Å². The van der Waals surface area contributed by atoms with Crippen LogP contribution in [-0.2, 0) is 6.42 Å². The van der Waals surface area contributed by atoms with Gasteiger partial charge in [0, 0.05) is 18.3 Å². The number of para-hydroxylation sites is 1. The minimum Gasteiger partial charge on any atom is -0.437 e. The van der Waals surface area contributed by atoms with Gasteiger partial charge in [0.25, 0.3) is 0 Å². The Morgan fingerprint density at radius 3 is 2.94 bits per heavy atom. The van der Waals surface area contributed by atoms with E-state index < -0.39 is 0 Å². The highest BCUT2D eigenvalue weighted by Crippen LogP contribution is 2.34. The van der Waals surface area contributed by atoms with E-state index in [0.29, 0.717) is 5.88 Å². The van der Waals surface area contributed by atoms with Crippen LogP contribution in [0.3, 0.4) is 0 Å². The molecular weight excluding hydrogens is 224 g/mol. The molecule has 0 fully saturated rings. The van der Waals surface area contributed by atoms with Gasteiger partial charge in [0.1, 0.15) is 0 Å². The average Bonchev–Trinajstić information content (AvgIpc) is 2.39. The molecular formula is C15H16N2O. The van der Waals surface area contributed by atoms with Crippen LogP contribution in [0.1, 0.15) is 17.7 Å². The summed E-state index contributed by atoms with van der Waals surface area (Å²) in [6, 6.07) is 12.0. The van der Waals surface area contributed by atoms with Crippen LogP contribution in [0.4, 0.5) is 5.69 Å². The third-order valence-electron chi connectivity index (χ3n) is 3.11. The largest absolute Gasteiger partial charge is 0.437 e. The number of benzene rings is 1. The third kappa shape index (κ3) is 2.16. The van der Waals surface area contributed by atoms with Gasteiger partial charge in [-0.15, -0.1) is 0 Å². The van der Waals surface area contributed by atoms with Crippen molar-refractivity contribution in [1.29, 1.82) is 0 Å². The molecule has 0 bridgehead atoms. The van der Waals surface area contributed by atoms with Crippen molar-refractivity contribution in [2.75, 3.05) is 11.9 Å². The molecule has 0 radical (unpaired) electrons. The van der Waals surface area contributed by atoms with Crippen LogP contribution < -0.4 is 10.1 Å². The van der Waals surface area contributed by atoms with Crippen LogP contribution in [0.25, 0.3) is 0 Å². The number of rotatable bonds is 2. The molecule has 0 saturated carbocycles. The van der Waals surface area contributed by atoms with Gasteiger partial charge in [0.2, 0.25) is 5.88 Å². The molecule has 2 aromatic rings. The number of fused-ring (bicyclic) bond motifs is 1. The molecule has 1 aromatic carbocycles. The summed E-state index contributed by atoms with van der Waals surface area (Å²) in [5.74, 6) is 1.51. The maximum Gasteiger partial charge on any atom is 0.219 e. The maximum absolute atomic E-state index is 5.88. The first-order valence-corrected chi connectivity index (χ1v) is 6.30. The third-order valence-corrected chi connectivity index (χ3v) is 3.11. The lowest BCUT2D eigenvalue weighted by atomic mass is 10.0. The van der Waals surface area contributed by atoms with Crippen LogP contribution >= 0.6 is 0 Å². The SMILES string of the molecule is Cc1cccc(Oc2cccc3c2NCCC3)n1. The topological polar surface area (TPSA) is 34.1 Å². The number of nitrogens with zero attached hydrogens (tertiary/aromatic N) is 1. The number of aromatic nitrogens is 1. The van der Waals surface area contributed by atoms with Gasteiger partial charge in [0.15, 0.2) is 5.75 Å². The number of pyridine rings is 1. The van der Waals surface area contributed by atoms with Crippen LogP contribution in [-0.4, -0.2) is 11.5 Å². The quantitative estimate of drug-likeness (QED) is 0.871. The first kappa shape index (κ1) is 11.1. The van der Waals surface area contributed by atoms with Gasteiger partial charge in [-0.3, -0.25) is 0 Å². The Bertz CT molecular complexity index is 566. The molecule has 2 heterocycles. The van der Waals surface area contributed by atoms with Gasteiger partial charge in [0.05, 0.1) is 5.69 Å². The van der Waals surface area contributed by atoms with Crippen molar-refractivity contribution in [3.8, 4) is 11.6 Å². The van der Waals surface area contributed by atoms with Gasteiger partial charge in [-0.25, -0.2) is 4.98 Å². The van der Waals surface area contributed by atoms with Crippen molar-refractivity contribution in [3.05, 3.63) is 47.7 Å². The lowest BCUT2D eigenvalue weighted by molar-refractivity contribution is 0.462. The van der Waals surface area contributed by atoms with E-state index in [1.54, 1.807) is 0 Å². The summed E-state index contributed by atoms with van der Waals surface area (Å²) >= 11 is 0. The zero-order valence-electron chi connectivity index (χ0n) is 10.4. The fourth-order valence-electron chi connectivity index (χ4n) is 2.25. The Kier molecular flexibility index (Phi) is 2.89. The Labute approximate surface area is 107 Å². The van der Waals surface area contributed by atoms with Crippen LogP contribution in [0.15, 0.2) is 36.4 Å². The second-order valence-corrected chi connectivity index (χ2v) is 4.54. The average molecular weight is 240 g/mol. The van der Waals surface area contributed by atoms with Crippen LogP contribution in [0, 0.1) is 6.92 Å². The predicted octanol–water partition coefficient (Wildman–Crippen LogP) is 3.54. The second kappa shape index (κ2) is 4.69. The molecule has 0 amide bonds. The zero-order chi connectivity index (χ0) is 12.4. The summed E-state index contributed by atoms with van der Waals surface area (Å²) < 4.78 is 5.88. The number of hydrogen-bond donors (Lipinski definition) is 1. The summed E-state index contributed by atoms with van der Waals surface area (Å²) in [6.07, 6.45) is 2.29. The highest BCUT2D eigenvalue weighted by molar-refractivity contribution is 5.64. The number of nitrogens with one attached hydrogen (secondary N) is 1. The summed E-state index contributed by atoms with van der Waals surface area (Å²) in [7, 11) is 0. The first-order chi connectivity index (χ1) is 8.83. The molecule has 18 heavy (non-hydrogen) atoms. The monoisotopic (exact) mass is 240 g/mol. The van der Waals surface area contributed by atoms with E-state index in [9.17, 15) is 0 Å². The van der Waals surface area contributed by atoms with E-state index in [1.165, 1.54) is 12.0 Å². The molecule has 0 unspecified atom stereocenters. The molecule has 3 rings (SSSR count). The van der Waals surface area contributed by atoms with Crippen molar-refractivity contribution >= 4 is 5.69 Å². The summed E-state index contributed by atoms with van der Waals surface area (Å²) in [5, 5.41) is 3.41. The van der Waals surface area contributed by atoms with E-state index in [0.717, 1.165) is 30.1 Å². The Hall–Kier alpha value is -2.03. The molecule has 3 nitrogen and oxygen atoms in total. The van der Waals surface area contributed by atoms with Crippen molar-refractivity contribution in [2.24, 2.45) is 0 Å². The standard InChI is InChI=1S/C15H16N2O/c1-11-5-2-9-14(17-11)18-13-8-3-6-12-7-4-10-16-15(12)13/h2-3,5-6,8-9,16H,4,7,10H2,1H3. The smallest absolute Gasteiger partial charge is 0.219 e. The molecule has 0 spiro atoms. The normalized spacial score (nSPS) is 13.6. The van der Waals surface area contributed by atoms with Crippen molar-refractivity contribution in [2.45, 2.75) is 19.8 Å². The fourth-order valence-corrected chi connectivity index (χ4v) is 2.25. The highest BCUT2D eigenvalue weighted by Gasteiger charge is 2.13. The van der Waals surface area contributed by atoms with E-state index >= 15 is 0 Å². The molecule has 1 N–H and O–H groups in total. The summed E-state index contributed by atoms with van der Waals surface area (Å²) in [5.41, 5.74) is 3.41. The van der Waals surface area contributed by atoms with E-state index in [4.69, 9.17) is 4.74 Å².